The average molecular weight is 687 g/mol. The molecule has 0 spiro atoms. The largest absolute Gasteiger partial charge is 0.478 e. The normalized spacial score (nSPS) is 11.5. The SMILES string of the molecule is CC(C)(C)NCc1cc(-c2ccc(C(=O)O)c(C(=O)Nc3cccc(Oc4cccc(Oc5cccc(C(C)(C)C)c5)c4)c3)c2)ccc1C(=O)O. The number of hydrogen-bond donors (Lipinski definition) is 4. The third-order valence-electron chi connectivity index (χ3n) is 8.04. The van der Waals surface area contributed by atoms with Gasteiger partial charge in [0, 0.05) is 29.9 Å². The summed E-state index contributed by atoms with van der Waals surface area (Å²) in [7, 11) is 0. The summed E-state index contributed by atoms with van der Waals surface area (Å²) in [5.74, 6) is -0.661. The zero-order chi connectivity index (χ0) is 36.9. The van der Waals surface area contributed by atoms with E-state index in [-0.39, 0.29) is 27.6 Å². The van der Waals surface area contributed by atoms with Crippen molar-refractivity contribution < 1.29 is 34.1 Å². The molecule has 5 aromatic rings. The molecule has 0 aliphatic rings. The summed E-state index contributed by atoms with van der Waals surface area (Å²) in [4.78, 5) is 37.7. The average Bonchev–Trinajstić information content (AvgIpc) is 3.06. The topological polar surface area (TPSA) is 134 Å². The maximum Gasteiger partial charge on any atom is 0.336 e. The minimum absolute atomic E-state index is 0.0216. The van der Waals surface area contributed by atoms with Crippen LogP contribution in [0.2, 0.25) is 0 Å². The molecule has 0 atom stereocenters. The maximum absolute atomic E-state index is 13.6. The van der Waals surface area contributed by atoms with Gasteiger partial charge in [0.25, 0.3) is 5.91 Å². The first kappa shape index (κ1) is 36.4. The van der Waals surface area contributed by atoms with Crippen molar-refractivity contribution in [3.05, 3.63) is 137 Å². The predicted octanol–water partition coefficient (Wildman–Crippen LogP) is 9.77. The molecule has 0 fully saturated rings. The Bertz CT molecular complexity index is 2090. The molecule has 0 aromatic heterocycles. The Morgan fingerprint density at radius 2 is 1.12 bits per heavy atom. The van der Waals surface area contributed by atoms with Gasteiger partial charge in [0.1, 0.15) is 23.0 Å². The number of ether oxygens (including phenoxy) is 2. The molecule has 0 bridgehead atoms. The lowest BCUT2D eigenvalue weighted by atomic mass is 9.87. The number of benzene rings is 5. The fourth-order valence-electron chi connectivity index (χ4n) is 5.32. The summed E-state index contributed by atoms with van der Waals surface area (Å²) >= 11 is 0. The number of anilines is 1. The van der Waals surface area contributed by atoms with Gasteiger partial charge >= 0.3 is 11.9 Å². The smallest absolute Gasteiger partial charge is 0.336 e. The van der Waals surface area contributed by atoms with Gasteiger partial charge in [-0.25, -0.2) is 9.59 Å². The number of amides is 1. The van der Waals surface area contributed by atoms with Crippen LogP contribution in [0, 0.1) is 0 Å². The first-order valence-electron chi connectivity index (χ1n) is 16.5. The molecule has 4 N–H and O–H groups in total. The first-order valence-corrected chi connectivity index (χ1v) is 16.5. The molecule has 0 saturated heterocycles. The number of aromatic carboxylic acids is 2. The summed E-state index contributed by atoms with van der Waals surface area (Å²) in [5, 5.41) is 25.8. The van der Waals surface area contributed by atoms with E-state index in [0.29, 0.717) is 51.9 Å². The Kier molecular flexibility index (Phi) is 10.6. The second-order valence-electron chi connectivity index (χ2n) is 14.3. The molecule has 51 heavy (non-hydrogen) atoms. The van der Waals surface area contributed by atoms with Crippen molar-refractivity contribution in [3.63, 3.8) is 0 Å². The molecule has 5 aromatic carbocycles. The number of carbonyl (C=O) groups is 3. The number of rotatable bonds is 11. The van der Waals surface area contributed by atoms with Crippen molar-refractivity contribution in [2.75, 3.05) is 5.32 Å². The van der Waals surface area contributed by atoms with Crippen LogP contribution in [0.15, 0.2) is 109 Å². The number of nitrogens with one attached hydrogen (secondary N) is 2. The van der Waals surface area contributed by atoms with Crippen LogP contribution in [0.25, 0.3) is 11.1 Å². The summed E-state index contributed by atoms with van der Waals surface area (Å²) in [6, 6.07) is 31.3. The third kappa shape index (κ3) is 9.61. The summed E-state index contributed by atoms with van der Waals surface area (Å²) in [6.45, 7) is 12.7. The quantitative estimate of drug-likeness (QED) is 0.108. The van der Waals surface area contributed by atoms with Gasteiger partial charge in [0.15, 0.2) is 0 Å². The number of hydrogen-bond acceptors (Lipinski definition) is 6. The monoisotopic (exact) mass is 686 g/mol. The van der Waals surface area contributed by atoms with Gasteiger partial charge < -0.3 is 30.3 Å². The van der Waals surface area contributed by atoms with Crippen molar-refractivity contribution in [1.82, 2.24) is 5.32 Å². The molecule has 0 saturated carbocycles. The lowest BCUT2D eigenvalue weighted by Crippen LogP contribution is -2.35. The highest BCUT2D eigenvalue weighted by molar-refractivity contribution is 6.11. The van der Waals surface area contributed by atoms with Gasteiger partial charge in [0.2, 0.25) is 0 Å². The maximum atomic E-state index is 13.6. The molecular formula is C42H42N2O7. The molecule has 0 radical (unpaired) electrons. The number of carbonyl (C=O) groups excluding carboxylic acids is 1. The van der Waals surface area contributed by atoms with E-state index < -0.39 is 17.8 Å². The highest BCUT2D eigenvalue weighted by Gasteiger charge is 2.20. The van der Waals surface area contributed by atoms with Gasteiger partial charge in [-0.15, -0.1) is 0 Å². The summed E-state index contributed by atoms with van der Waals surface area (Å²) < 4.78 is 12.2. The second kappa shape index (κ2) is 14.9. The lowest BCUT2D eigenvalue weighted by Gasteiger charge is -2.21. The molecular weight excluding hydrogens is 644 g/mol. The van der Waals surface area contributed by atoms with Crippen LogP contribution in [-0.4, -0.2) is 33.6 Å². The molecule has 9 heteroatoms. The van der Waals surface area contributed by atoms with Crippen LogP contribution < -0.4 is 20.1 Å². The molecule has 0 unspecified atom stereocenters. The van der Waals surface area contributed by atoms with E-state index in [0.717, 1.165) is 5.56 Å². The van der Waals surface area contributed by atoms with E-state index in [1.54, 1.807) is 54.6 Å². The fraction of sp³-hybridized carbons (Fsp3) is 0.214. The molecule has 262 valence electrons. The standard InChI is InChI=1S/C42H42N2O7/c1-41(2,3)29-10-7-12-31(22-29)50-33-14-9-15-34(24-33)51-32-13-8-11-30(23-32)44-38(45)37-21-27(17-19-36(37)40(48)49)26-16-18-35(39(46)47)28(20-26)25-43-42(4,5)6/h7-24,43H,25H2,1-6H3,(H,44,45)(H,46,47)(H,48,49). The minimum atomic E-state index is -1.26. The fourth-order valence-corrected chi connectivity index (χ4v) is 5.32. The Labute approximate surface area is 297 Å². The zero-order valence-electron chi connectivity index (χ0n) is 29.5. The zero-order valence-corrected chi connectivity index (χ0v) is 29.5. The van der Waals surface area contributed by atoms with E-state index >= 15 is 0 Å². The molecule has 9 nitrogen and oxygen atoms in total. The van der Waals surface area contributed by atoms with Crippen molar-refractivity contribution in [2.24, 2.45) is 0 Å². The molecule has 0 aliphatic heterocycles. The highest BCUT2D eigenvalue weighted by Crippen LogP contribution is 2.32. The highest BCUT2D eigenvalue weighted by atomic mass is 16.5. The van der Waals surface area contributed by atoms with E-state index in [9.17, 15) is 24.6 Å². The summed E-state index contributed by atoms with van der Waals surface area (Å²) in [6.07, 6.45) is 0. The van der Waals surface area contributed by atoms with Gasteiger partial charge in [-0.2, -0.15) is 0 Å². The van der Waals surface area contributed by atoms with E-state index in [2.05, 4.69) is 37.5 Å². The predicted molar refractivity (Wildman–Crippen MR) is 199 cm³/mol. The Hall–Kier alpha value is -5.93. The van der Waals surface area contributed by atoms with E-state index in [1.807, 2.05) is 51.1 Å². The summed E-state index contributed by atoms with van der Waals surface area (Å²) in [5.41, 5.74) is 2.96. The second-order valence-corrected chi connectivity index (χ2v) is 14.3. The van der Waals surface area contributed by atoms with Crippen molar-refractivity contribution in [3.8, 4) is 34.1 Å². The number of carboxylic acids is 2. The van der Waals surface area contributed by atoms with Gasteiger partial charge in [-0.3, -0.25) is 4.79 Å². The lowest BCUT2D eigenvalue weighted by molar-refractivity contribution is 0.0684. The molecule has 1 amide bonds. The van der Waals surface area contributed by atoms with Crippen LogP contribution in [-0.2, 0) is 12.0 Å². The minimum Gasteiger partial charge on any atom is -0.478 e. The van der Waals surface area contributed by atoms with E-state index in [1.165, 1.54) is 18.2 Å². The molecule has 0 aliphatic carbocycles. The Balaban J connectivity index is 1.35. The van der Waals surface area contributed by atoms with E-state index in [4.69, 9.17) is 9.47 Å². The van der Waals surface area contributed by atoms with Gasteiger partial charge in [-0.1, -0.05) is 57.2 Å². The molecule has 5 rings (SSSR count). The number of carboxylic acid groups (broad SMARTS) is 2. The van der Waals surface area contributed by atoms with Gasteiger partial charge in [0.05, 0.1) is 16.7 Å². The van der Waals surface area contributed by atoms with Crippen LogP contribution >= 0.6 is 0 Å². The van der Waals surface area contributed by atoms with Crippen LogP contribution in [0.4, 0.5) is 5.69 Å². The Morgan fingerprint density at radius 1 is 0.588 bits per heavy atom. The molecule has 0 heterocycles. The first-order chi connectivity index (χ1) is 24.1. The van der Waals surface area contributed by atoms with Crippen LogP contribution in [0.3, 0.4) is 0 Å². The van der Waals surface area contributed by atoms with Crippen LogP contribution in [0.1, 0.15) is 83.7 Å². The Morgan fingerprint density at radius 3 is 1.71 bits per heavy atom. The third-order valence-corrected chi connectivity index (χ3v) is 8.04. The van der Waals surface area contributed by atoms with Gasteiger partial charge in [-0.05, 0) is 109 Å². The van der Waals surface area contributed by atoms with Crippen LogP contribution in [0.5, 0.6) is 23.0 Å². The van der Waals surface area contributed by atoms with Crippen molar-refractivity contribution >= 4 is 23.5 Å². The van der Waals surface area contributed by atoms with Crippen molar-refractivity contribution in [1.29, 1.82) is 0 Å². The van der Waals surface area contributed by atoms with Crippen molar-refractivity contribution in [2.45, 2.75) is 59.0 Å².